The van der Waals surface area contributed by atoms with Crippen molar-refractivity contribution in [1.29, 1.82) is 0 Å². The standard InChI is InChI=1S/C20H22ClN3O2/c1-26-14-20(25)22-12-6-11-19-23-17-9-4-5-10-18(17)24(19)13-15-7-2-3-8-16(15)21/h2-5,7-10H,6,11-14H2,1H3,(H,22,25). The molecule has 1 heterocycles. The molecule has 3 aromatic rings. The second-order valence-corrected chi connectivity index (χ2v) is 6.49. The number of imidazole rings is 1. The molecule has 5 nitrogen and oxygen atoms in total. The maximum atomic E-state index is 11.5. The van der Waals surface area contributed by atoms with Crippen LogP contribution in [0.25, 0.3) is 11.0 Å². The number of hydrogen-bond donors (Lipinski definition) is 1. The number of para-hydroxylation sites is 2. The number of carbonyl (C=O) groups excluding carboxylic acids is 1. The Balaban J connectivity index is 1.77. The highest BCUT2D eigenvalue weighted by Crippen LogP contribution is 2.22. The third-order valence-corrected chi connectivity index (χ3v) is 4.56. The van der Waals surface area contributed by atoms with Gasteiger partial charge in [0.1, 0.15) is 12.4 Å². The fraction of sp³-hybridized carbons (Fsp3) is 0.300. The van der Waals surface area contributed by atoms with E-state index in [0.29, 0.717) is 13.1 Å². The van der Waals surface area contributed by atoms with Crippen molar-refractivity contribution in [1.82, 2.24) is 14.9 Å². The minimum absolute atomic E-state index is 0.0883. The average molecular weight is 372 g/mol. The number of amides is 1. The summed E-state index contributed by atoms with van der Waals surface area (Å²) in [6, 6.07) is 16.0. The Kier molecular flexibility index (Phi) is 6.26. The molecule has 26 heavy (non-hydrogen) atoms. The Labute approximate surface area is 157 Å². The molecular formula is C20H22ClN3O2. The first-order chi connectivity index (χ1) is 12.7. The number of ether oxygens (including phenoxy) is 1. The lowest BCUT2D eigenvalue weighted by atomic mass is 10.2. The first-order valence-electron chi connectivity index (χ1n) is 8.62. The topological polar surface area (TPSA) is 56.1 Å². The fourth-order valence-corrected chi connectivity index (χ4v) is 3.14. The smallest absolute Gasteiger partial charge is 0.245 e. The molecule has 0 bridgehead atoms. The number of benzene rings is 2. The molecule has 1 N–H and O–H groups in total. The van der Waals surface area contributed by atoms with Crippen molar-refractivity contribution in [3.63, 3.8) is 0 Å². The molecule has 0 aliphatic heterocycles. The van der Waals surface area contributed by atoms with Crippen LogP contribution in [0.3, 0.4) is 0 Å². The Morgan fingerprint density at radius 2 is 1.96 bits per heavy atom. The third-order valence-electron chi connectivity index (χ3n) is 4.19. The van der Waals surface area contributed by atoms with Crippen LogP contribution in [0.2, 0.25) is 5.02 Å². The van der Waals surface area contributed by atoms with Gasteiger partial charge >= 0.3 is 0 Å². The lowest BCUT2D eigenvalue weighted by molar-refractivity contribution is -0.124. The Bertz CT molecular complexity index is 892. The van der Waals surface area contributed by atoms with Gasteiger partial charge in [0.05, 0.1) is 17.6 Å². The van der Waals surface area contributed by atoms with Crippen molar-refractivity contribution >= 4 is 28.5 Å². The van der Waals surface area contributed by atoms with Crippen LogP contribution in [0.1, 0.15) is 17.8 Å². The second kappa shape index (κ2) is 8.83. The van der Waals surface area contributed by atoms with E-state index in [2.05, 4.69) is 16.0 Å². The van der Waals surface area contributed by atoms with E-state index in [4.69, 9.17) is 21.3 Å². The molecule has 0 saturated carbocycles. The molecule has 0 aliphatic rings. The summed E-state index contributed by atoms with van der Waals surface area (Å²) in [6.45, 7) is 1.36. The van der Waals surface area contributed by atoms with Crippen LogP contribution in [0.5, 0.6) is 0 Å². The summed E-state index contributed by atoms with van der Waals surface area (Å²) in [5.74, 6) is 0.893. The normalized spacial score (nSPS) is 11.0. The molecule has 2 aromatic carbocycles. The third kappa shape index (κ3) is 4.42. The second-order valence-electron chi connectivity index (χ2n) is 6.08. The highest BCUT2D eigenvalue weighted by atomic mass is 35.5. The van der Waals surface area contributed by atoms with Gasteiger partial charge in [-0.25, -0.2) is 4.98 Å². The number of nitrogens with one attached hydrogen (secondary N) is 1. The number of nitrogens with zero attached hydrogens (tertiary/aromatic N) is 2. The Morgan fingerprint density at radius 3 is 2.77 bits per heavy atom. The SMILES string of the molecule is COCC(=O)NCCCc1nc2ccccc2n1Cc1ccccc1Cl. The molecule has 136 valence electrons. The molecular weight excluding hydrogens is 350 g/mol. The van der Waals surface area contributed by atoms with Gasteiger partial charge in [0.25, 0.3) is 0 Å². The predicted octanol–water partition coefficient (Wildman–Crippen LogP) is 3.43. The largest absolute Gasteiger partial charge is 0.375 e. The maximum absolute atomic E-state index is 11.5. The van der Waals surface area contributed by atoms with E-state index in [9.17, 15) is 4.79 Å². The molecule has 0 fully saturated rings. The predicted molar refractivity (Wildman–Crippen MR) is 103 cm³/mol. The summed E-state index contributed by atoms with van der Waals surface area (Å²) in [5, 5.41) is 3.60. The van der Waals surface area contributed by atoms with Crippen molar-refractivity contribution in [2.24, 2.45) is 0 Å². The zero-order chi connectivity index (χ0) is 18.4. The highest BCUT2D eigenvalue weighted by molar-refractivity contribution is 6.31. The van der Waals surface area contributed by atoms with Crippen molar-refractivity contribution in [3.8, 4) is 0 Å². The first-order valence-corrected chi connectivity index (χ1v) is 9.00. The maximum Gasteiger partial charge on any atom is 0.245 e. The molecule has 6 heteroatoms. The van der Waals surface area contributed by atoms with Gasteiger partial charge in [0, 0.05) is 25.1 Å². The zero-order valence-corrected chi connectivity index (χ0v) is 15.5. The molecule has 0 saturated heterocycles. The van der Waals surface area contributed by atoms with E-state index in [1.807, 2.05) is 42.5 Å². The summed E-state index contributed by atoms with van der Waals surface area (Å²) in [4.78, 5) is 16.2. The fourth-order valence-electron chi connectivity index (χ4n) is 2.95. The van der Waals surface area contributed by atoms with Crippen LogP contribution in [-0.4, -0.2) is 35.7 Å². The summed E-state index contributed by atoms with van der Waals surface area (Å²) in [5.41, 5.74) is 3.12. The molecule has 1 amide bonds. The molecule has 0 unspecified atom stereocenters. The van der Waals surface area contributed by atoms with E-state index in [0.717, 1.165) is 40.3 Å². The number of fused-ring (bicyclic) bond motifs is 1. The Morgan fingerprint density at radius 1 is 1.19 bits per heavy atom. The number of methoxy groups -OCH3 is 1. The number of aryl methyl sites for hydroxylation is 1. The average Bonchev–Trinajstić information content (AvgIpc) is 2.98. The molecule has 3 rings (SSSR count). The van der Waals surface area contributed by atoms with Gasteiger partial charge in [-0.3, -0.25) is 4.79 Å². The number of aromatic nitrogens is 2. The van der Waals surface area contributed by atoms with E-state index < -0.39 is 0 Å². The number of carbonyl (C=O) groups is 1. The highest BCUT2D eigenvalue weighted by Gasteiger charge is 2.12. The summed E-state index contributed by atoms with van der Waals surface area (Å²) < 4.78 is 7.02. The lowest BCUT2D eigenvalue weighted by Gasteiger charge is -2.11. The molecule has 0 radical (unpaired) electrons. The molecule has 0 spiro atoms. The zero-order valence-electron chi connectivity index (χ0n) is 14.7. The van der Waals surface area contributed by atoms with E-state index in [-0.39, 0.29) is 12.5 Å². The van der Waals surface area contributed by atoms with Crippen molar-refractivity contribution in [2.75, 3.05) is 20.3 Å². The monoisotopic (exact) mass is 371 g/mol. The summed E-state index contributed by atoms with van der Waals surface area (Å²) >= 11 is 6.34. The quantitative estimate of drug-likeness (QED) is 0.617. The van der Waals surface area contributed by atoms with E-state index >= 15 is 0 Å². The van der Waals surface area contributed by atoms with Crippen LogP contribution in [-0.2, 0) is 22.5 Å². The number of halogens is 1. The van der Waals surface area contributed by atoms with Crippen molar-refractivity contribution < 1.29 is 9.53 Å². The van der Waals surface area contributed by atoms with Gasteiger partial charge in [0.2, 0.25) is 5.91 Å². The van der Waals surface area contributed by atoms with Crippen LogP contribution < -0.4 is 5.32 Å². The van der Waals surface area contributed by atoms with Crippen molar-refractivity contribution in [2.45, 2.75) is 19.4 Å². The van der Waals surface area contributed by atoms with Crippen LogP contribution in [0, 0.1) is 0 Å². The van der Waals surface area contributed by atoms with E-state index in [1.165, 1.54) is 7.11 Å². The molecule has 0 atom stereocenters. The van der Waals surface area contributed by atoms with Gasteiger partial charge < -0.3 is 14.6 Å². The number of rotatable bonds is 8. The van der Waals surface area contributed by atoms with Gasteiger partial charge in [-0.05, 0) is 30.2 Å². The van der Waals surface area contributed by atoms with Gasteiger partial charge in [-0.15, -0.1) is 0 Å². The molecule has 0 aliphatic carbocycles. The van der Waals surface area contributed by atoms with Gasteiger partial charge in [0.15, 0.2) is 0 Å². The van der Waals surface area contributed by atoms with Crippen LogP contribution in [0.15, 0.2) is 48.5 Å². The van der Waals surface area contributed by atoms with Crippen LogP contribution >= 0.6 is 11.6 Å². The Hall–Kier alpha value is -2.37. The van der Waals surface area contributed by atoms with Crippen molar-refractivity contribution in [3.05, 3.63) is 64.9 Å². The molecule has 1 aromatic heterocycles. The van der Waals surface area contributed by atoms with Crippen LogP contribution in [0.4, 0.5) is 0 Å². The van der Waals surface area contributed by atoms with Gasteiger partial charge in [-0.2, -0.15) is 0 Å². The minimum atomic E-state index is -0.0999. The summed E-state index contributed by atoms with van der Waals surface area (Å²) in [6.07, 6.45) is 1.58. The lowest BCUT2D eigenvalue weighted by Crippen LogP contribution is -2.28. The van der Waals surface area contributed by atoms with Gasteiger partial charge in [-0.1, -0.05) is 41.9 Å². The minimum Gasteiger partial charge on any atom is -0.375 e. The first kappa shape index (κ1) is 18.4. The number of hydrogen-bond acceptors (Lipinski definition) is 3. The summed E-state index contributed by atoms with van der Waals surface area (Å²) in [7, 11) is 1.51. The van der Waals surface area contributed by atoms with E-state index in [1.54, 1.807) is 0 Å².